The maximum absolute atomic E-state index is 11.8. The Morgan fingerprint density at radius 1 is 1.15 bits per heavy atom. The molecule has 0 saturated carbocycles. The molecule has 2 rings (SSSR count). The van der Waals surface area contributed by atoms with Gasteiger partial charge in [-0.05, 0) is 42.8 Å². The van der Waals surface area contributed by atoms with E-state index in [0.717, 1.165) is 11.3 Å². The van der Waals surface area contributed by atoms with Gasteiger partial charge in [0.2, 0.25) is 5.91 Å². The van der Waals surface area contributed by atoms with Crippen molar-refractivity contribution in [1.29, 1.82) is 5.26 Å². The topological polar surface area (TPSA) is 64.9 Å². The Hall–Kier alpha value is -2.80. The van der Waals surface area contributed by atoms with Crippen LogP contribution in [0.2, 0.25) is 0 Å². The number of benzene rings is 2. The van der Waals surface area contributed by atoms with Gasteiger partial charge in [-0.3, -0.25) is 4.79 Å². The minimum Gasteiger partial charge on any atom is -0.376 e. The molecule has 0 aliphatic heterocycles. The number of nitriles is 1. The minimum absolute atomic E-state index is 0.127. The van der Waals surface area contributed by atoms with Crippen molar-refractivity contribution in [3.05, 3.63) is 59.7 Å². The van der Waals surface area contributed by atoms with Gasteiger partial charge < -0.3 is 10.6 Å². The number of nitrogens with one attached hydrogen (secondary N) is 2. The number of carbonyl (C=O) groups excluding carboxylic acids is 1. The number of rotatable bonds is 4. The van der Waals surface area contributed by atoms with Crippen LogP contribution in [-0.4, -0.2) is 12.5 Å². The van der Waals surface area contributed by atoms with E-state index in [1.165, 1.54) is 0 Å². The fraction of sp³-hybridized carbons (Fsp3) is 0.125. The van der Waals surface area contributed by atoms with Crippen LogP contribution in [0, 0.1) is 18.3 Å². The molecule has 0 aliphatic carbocycles. The fourth-order valence-corrected chi connectivity index (χ4v) is 1.78. The summed E-state index contributed by atoms with van der Waals surface area (Å²) in [4.78, 5) is 11.8. The molecule has 2 N–H and O–H groups in total. The summed E-state index contributed by atoms with van der Waals surface area (Å²) in [6.07, 6.45) is 0. The molecule has 0 saturated heterocycles. The molecule has 4 nitrogen and oxygen atoms in total. The quantitative estimate of drug-likeness (QED) is 0.893. The SMILES string of the molecule is Cc1ccccc1NCC(=O)Nc1ccc(C#N)cc1. The van der Waals surface area contributed by atoms with Gasteiger partial charge in [-0.1, -0.05) is 18.2 Å². The molecule has 0 bridgehead atoms. The smallest absolute Gasteiger partial charge is 0.243 e. The van der Waals surface area contributed by atoms with Crippen LogP contribution in [0.3, 0.4) is 0 Å². The van der Waals surface area contributed by atoms with Gasteiger partial charge in [0.05, 0.1) is 18.2 Å². The lowest BCUT2D eigenvalue weighted by Gasteiger charge is -2.09. The molecule has 1 amide bonds. The zero-order chi connectivity index (χ0) is 14.4. The van der Waals surface area contributed by atoms with E-state index >= 15 is 0 Å². The largest absolute Gasteiger partial charge is 0.376 e. The maximum atomic E-state index is 11.8. The number of aryl methyl sites for hydroxylation is 1. The van der Waals surface area contributed by atoms with Gasteiger partial charge in [0.1, 0.15) is 0 Å². The second kappa shape index (κ2) is 6.39. The van der Waals surface area contributed by atoms with Crippen LogP contribution in [0.4, 0.5) is 11.4 Å². The Bertz CT molecular complexity index is 642. The molecule has 0 fully saturated rings. The Kier molecular flexibility index (Phi) is 4.35. The van der Waals surface area contributed by atoms with Crippen LogP contribution in [0.25, 0.3) is 0 Å². The van der Waals surface area contributed by atoms with Crippen molar-refractivity contribution < 1.29 is 4.79 Å². The highest BCUT2D eigenvalue weighted by Gasteiger charge is 2.03. The van der Waals surface area contributed by atoms with E-state index in [-0.39, 0.29) is 12.5 Å². The first kappa shape index (κ1) is 13.6. The summed E-state index contributed by atoms with van der Waals surface area (Å²) >= 11 is 0. The van der Waals surface area contributed by atoms with Gasteiger partial charge in [0, 0.05) is 11.4 Å². The van der Waals surface area contributed by atoms with Crippen LogP contribution >= 0.6 is 0 Å². The van der Waals surface area contributed by atoms with Crippen LogP contribution in [0.1, 0.15) is 11.1 Å². The Morgan fingerprint density at radius 3 is 2.50 bits per heavy atom. The number of amides is 1. The van der Waals surface area contributed by atoms with Crippen molar-refractivity contribution in [2.75, 3.05) is 17.2 Å². The van der Waals surface area contributed by atoms with Gasteiger partial charge in [0.15, 0.2) is 0 Å². The normalized spacial score (nSPS) is 9.60. The first-order valence-electron chi connectivity index (χ1n) is 6.28. The molecule has 0 unspecified atom stereocenters. The molecular formula is C16H15N3O. The predicted molar refractivity (Wildman–Crippen MR) is 79.5 cm³/mol. The lowest BCUT2D eigenvalue weighted by atomic mass is 10.2. The minimum atomic E-state index is -0.127. The van der Waals surface area contributed by atoms with Crippen molar-refractivity contribution in [1.82, 2.24) is 0 Å². The highest BCUT2D eigenvalue weighted by atomic mass is 16.1. The second-order valence-electron chi connectivity index (χ2n) is 4.41. The van der Waals surface area contributed by atoms with Crippen LogP contribution < -0.4 is 10.6 Å². The molecule has 2 aromatic carbocycles. The van der Waals surface area contributed by atoms with E-state index in [2.05, 4.69) is 10.6 Å². The molecule has 20 heavy (non-hydrogen) atoms. The highest BCUT2D eigenvalue weighted by Crippen LogP contribution is 2.13. The maximum Gasteiger partial charge on any atom is 0.243 e. The number of anilines is 2. The molecule has 2 aromatic rings. The Labute approximate surface area is 118 Å². The third-order valence-corrected chi connectivity index (χ3v) is 2.88. The summed E-state index contributed by atoms with van der Waals surface area (Å²) in [5.41, 5.74) is 3.29. The monoisotopic (exact) mass is 265 g/mol. The zero-order valence-corrected chi connectivity index (χ0v) is 11.2. The average Bonchev–Trinajstić information content (AvgIpc) is 2.47. The Balaban J connectivity index is 1.89. The van der Waals surface area contributed by atoms with Crippen molar-refractivity contribution in [3.8, 4) is 6.07 Å². The standard InChI is InChI=1S/C16H15N3O/c1-12-4-2-3-5-15(12)18-11-16(20)19-14-8-6-13(10-17)7-9-14/h2-9,18H,11H2,1H3,(H,19,20). The first-order valence-corrected chi connectivity index (χ1v) is 6.28. The summed E-state index contributed by atoms with van der Waals surface area (Å²) in [7, 11) is 0. The van der Waals surface area contributed by atoms with Gasteiger partial charge in [-0.25, -0.2) is 0 Å². The molecule has 0 heterocycles. The zero-order valence-electron chi connectivity index (χ0n) is 11.2. The van der Waals surface area contributed by atoms with E-state index in [1.807, 2.05) is 37.3 Å². The molecule has 0 aromatic heterocycles. The molecule has 0 aliphatic rings. The molecule has 4 heteroatoms. The molecule has 100 valence electrons. The van der Waals surface area contributed by atoms with E-state index < -0.39 is 0 Å². The molecule has 0 spiro atoms. The average molecular weight is 265 g/mol. The van der Waals surface area contributed by atoms with E-state index in [9.17, 15) is 4.79 Å². The first-order chi connectivity index (χ1) is 9.69. The third-order valence-electron chi connectivity index (χ3n) is 2.88. The van der Waals surface area contributed by atoms with E-state index in [4.69, 9.17) is 5.26 Å². The number of para-hydroxylation sites is 1. The van der Waals surface area contributed by atoms with Gasteiger partial charge in [-0.2, -0.15) is 5.26 Å². The summed E-state index contributed by atoms with van der Waals surface area (Å²) in [6, 6.07) is 16.6. The van der Waals surface area contributed by atoms with Crippen LogP contribution in [0.15, 0.2) is 48.5 Å². The lowest BCUT2D eigenvalue weighted by Crippen LogP contribution is -2.22. The van der Waals surface area contributed by atoms with Gasteiger partial charge >= 0.3 is 0 Å². The van der Waals surface area contributed by atoms with Gasteiger partial charge in [-0.15, -0.1) is 0 Å². The third kappa shape index (κ3) is 3.59. The second-order valence-corrected chi connectivity index (χ2v) is 4.41. The fourth-order valence-electron chi connectivity index (χ4n) is 1.78. The van der Waals surface area contributed by atoms with Crippen molar-refractivity contribution in [2.45, 2.75) is 6.92 Å². The number of hydrogen-bond donors (Lipinski definition) is 2. The van der Waals surface area contributed by atoms with Crippen molar-refractivity contribution in [3.63, 3.8) is 0 Å². The number of nitrogens with zero attached hydrogens (tertiary/aromatic N) is 1. The lowest BCUT2D eigenvalue weighted by molar-refractivity contribution is -0.114. The predicted octanol–water partition coefficient (Wildman–Crippen LogP) is 2.92. The molecule has 0 atom stereocenters. The van der Waals surface area contributed by atoms with E-state index in [0.29, 0.717) is 11.3 Å². The van der Waals surface area contributed by atoms with Crippen molar-refractivity contribution in [2.24, 2.45) is 0 Å². The van der Waals surface area contributed by atoms with Crippen LogP contribution in [0.5, 0.6) is 0 Å². The molecular weight excluding hydrogens is 250 g/mol. The van der Waals surface area contributed by atoms with Crippen LogP contribution in [-0.2, 0) is 4.79 Å². The van der Waals surface area contributed by atoms with E-state index in [1.54, 1.807) is 24.3 Å². The number of carbonyl (C=O) groups is 1. The van der Waals surface area contributed by atoms with Crippen molar-refractivity contribution >= 4 is 17.3 Å². The summed E-state index contributed by atoms with van der Waals surface area (Å²) in [6.45, 7) is 2.19. The Morgan fingerprint density at radius 2 is 1.85 bits per heavy atom. The number of hydrogen-bond acceptors (Lipinski definition) is 3. The summed E-state index contributed by atoms with van der Waals surface area (Å²) in [5, 5.41) is 14.6. The highest BCUT2D eigenvalue weighted by molar-refractivity contribution is 5.93. The van der Waals surface area contributed by atoms with Gasteiger partial charge in [0.25, 0.3) is 0 Å². The summed E-state index contributed by atoms with van der Waals surface area (Å²) in [5.74, 6) is -0.127. The summed E-state index contributed by atoms with van der Waals surface area (Å²) < 4.78 is 0. The molecule has 0 radical (unpaired) electrons.